The van der Waals surface area contributed by atoms with Gasteiger partial charge in [-0.2, -0.15) is 4.31 Å². The molecule has 17 heavy (non-hydrogen) atoms. The largest absolute Gasteiger partial charge is 0.243 e. The third-order valence-corrected chi connectivity index (χ3v) is 5.27. The first-order valence-corrected chi connectivity index (χ1v) is 7.29. The van der Waals surface area contributed by atoms with Crippen molar-refractivity contribution in [2.75, 3.05) is 13.1 Å². The molecule has 0 aliphatic heterocycles. The predicted octanol–water partition coefficient (Wildman–Crippen LogP) is 2.29. The van der Waals surface area contributed by atoms with E-state index in [2.05, 4.69) is 25.3 Å². The van der Waals surface area contributed by atoms with Crippen LogP contribution in [-0.2, 0) is 27.1 Å². The summed E-state index contributed by atoms with van der Waals surface area (Å²) in [4.78, 5) is 1.50. The number of benzene rings is 1. The van der Waals surface area contributed by atoms with Crippen LogP contribution in [0.25, 0.3) is 0 Å². The van der Waals surface area contributed by atoms with Gasteiger partial charge in [-0.25, -0.2) is 8.42 Å². The van der Waals surface area contributed by atoms with E-state index < -0.39 is 10.0 Å². The first-order valence-electron chi connectivity index (χ1n) is 4.95. The van der Waals surface area contributed by atoms with E-state index in [0.717, 1.165) is 0 Å². The van der Waals surface area contributed by atoms with Gasteiger partial charge in [0.1, 0.15) is 0 Å². The Morgan fingerprint density at radius 2 is 1.65 bits per heavy atom. The summed E-state index contributed by atoms with van der Waals surface area (Å²) in [6.45, 7) is 4.55. The third kappa shape index (κ3) is 3.91. The molecule has 1 aromatic rings. The zero-order valence-corrected chi connectivity index (χ0v) is 13.1. The maximum Gasteiger partial charge on any atom is 0.243 e. The molecule has 0 N–H and O–H groups in total. The summed E-state index contributed by atoms with van der Waals surface area (Å²) in [5, 5.41) is 0. The standard InChI is InChI=1S/C10H15NO2S3.Cu/c1-3-11(4-2)16(12,13)8-5-6-9(14)10(15)7-8;/h5-7,14-15H,3-4H2,1-2H3;. The Morgan fingerprint density at radius 3 is 2.06 bits per heavy atom. The van der Waals surface area contributed by atoms with Gasteiger partial charge >= 0.3 is 0 Å². The van der Waals surface area contributed by atoms with E-state index in [9.17, 15) is 8.42 Å². The first kappa shape index (κ1) is 17.3. The van der Waals surface area contributed by atoms with Gasteiger partial charge in [0.25, 0.3) is 0 Å². The van der Waals surface area contributed by atoms with Crippen molar-refractivity contribution in [2.24, 2.45) is 0 Å². The number of sulfonamides is 1. The zero-order chi connectivity index (χ0) is 12.3. The minimum Gasteiger partial charge on any atom is -0.207 e. The summed E-state index contributed by atoms with van der Waals surface area (Å²) in [5.41, 5.74) is 0. The Kier molecular flexibility index (Phi) is 7.21. The van der Waals surface area contributed by atoms with E-state index in [-0.39, 0.29) is 22.0 Å². The summed E-state index contributed by atoms with van der Waals surface area (Å²) >= 11 is 8.32. The zero-order valence-electron chi connectivity index (χ0n) is 9.51. The van der Waals surface area contributed by atoms with Crippen LogP contribution in [0, 0.1) is 0 Å². The summed E-state index contributed by atoms with van der Waals surface area (Å²) in [6.07, 6.45) is 0. The summed E-state index contributed by atoms with van der Waals surface area (Å²) < 4.78 is 25.7. The van der Waals surface area contributed by atoms with Crippen molar-refractivity contribution < 1.29 is 25.5 Å². The maximum absolute atomic E-state index is 12.1. The van der Waals surface area contributed by atoms with Crippen molar-refractivity contribution >= 4 is 35.3 Å². The molecule has 7 heteroatoms. The smallest absolute Gasteiger partial charge is 0.207 e. The van der Waals surface area contributed by atoms with E-state index >= 15 is 0 Å². The van der Waals surface area contributed by atoms with Gasteiger partial charge in [0.15, 0.2) is 0 Å². The van der Waals surface area contributed by atoms with Crippen LogP contribution in [0.2, 0.25) is 0 Å². The summed E-state index contributed by atoms with van der Waals surface area (Å²) in [5.74, 6) is 0. The minimum absolute atomic E-state index is 0. The number of hydrogen-bond acceptors (Lipinski definition) is 4. The minimum atomic E-state index is -3.39. The molecule has 1 radical (unpaired) electrons. The molecule has 0 unspecified atom stereocenters. The van der Waals surface area contributed by atoms with Crippen LogP contribution >= 0.6 is 25.3 Å². The maximum atomic E-state index is 12.1. The van der Waals surface area contributed by atoms with E-state index in [0.29, 0.717) is 22.9 Å². The molecule has 0 saturated carbocycles. The van der Waals surface area contributed by atoms with Crippen molar-refractivity contribution in [2.45, 2.75) is 28.5 Å². The van der Waals surface area contributed by atoms with Gasteiger partial charge in [0, 0.05) is 39.9 Å². The summed E-state index contributed by atoms with van der Waals surface area (Å²) in [6, 6.07) is 4.72. The quantitative estimate of drug-likeness (QED) is 0.652. The second-order valence-electron chi connectivity index (χ2n) is 3.24. The van der Waals surface area contributed by atoms with Gasteiger partial charge < -0.3 is 0 Å². The predicted molar refractivity (Wildman–Crippen MR) is 71.1 cm³/mol. The first-order chi connectivity index (χ1) is 7.43. The molecule has 0 aliphatic rings. The SMILES string of the molecule is CCN(CC)S(=O)(=O)c1ccc(S)c(S)c1.[Cu]. The fraction of sp³-hybridized carbons (Fsp3) is 0.400. The Labute approximate surface area is 124 Å². The average Bonchev–Trinajstić information content (AvgIpc) is 2.23. The van der Waals surface area contributed by atoms with E-state index in [1.165, 1.54) is 10.4 Å². The van der Waals surface area contributed by atoms with Gasteiger partial charge in [0.2, 0.25) is 10.0 Å². The Balaban J connectivity index is 0.00000256. The number of nitrogens with zero attached hydrogens (tertiary/aromatic N) is 1. The second kappa shape index (κ2) is 7.07. The average molecular weight is 341 g/mol. The molecule has 0 bridgehead atoms. The van der Waals surface area contributed by atoms with Crippen LogP contribution in [0.5, 0.6) is 0 Å². The molecule has 0 aromatic heterocycles. The molecule has 0 atom stereocenters. The number of rotatable bonds is 4. The van der Waals surface area contributed by atoms with Crippen molar-refractivity contribution in [1.82, 2.24) is 4.31 Å². The van der Waals surface area contributed by atoms with Gasteiger partial charge in [-0.05, 0) is 18.2 Å². The van der Waals surface area contributed by atoms with Crippen LogP contribution in [0.1, 0.15) is 13.8 Å². The van der Waals surface area contributed by atoms with Crippen molar-refractivity contribution in [3.8, 4) is 0 Å². The van der Waals surface area contributed by atoms with E-state index in [1.54, 1.807) is 12.1 Å². The number of thiol groups is 2. The number of hydrogen-bond donors (Lipinski definition) is 2. The van der Waals surface area contributed by atoms with Gasteiger partial charge in [-0.15, -0.1) is 25.3 Å². The monoisotopic (exact) mass is 340 g/mol. The molecule has 1 aromatic carbocycles. The van der Waals surface area contributed by atoms with Gasteiger partial charge in [0.05, 0.1) is 4.90 Å². The fourth-order valence-electron chi connectivity index (χ4n) is 1.38. The molecule has 0 saturated heterocycles. The van der Waals surface area contributed by atoms with Crippen LogP contribution in [0.4, 0.5) is 0 Å². The molecule has 0 amide bonds. The van der Waals surface area contributed by atoms with Crippen LogP contribution in [0.15, 0.2) is 32.9 Å². The van der Waals surface area contributed by atoms with Gasteiger partial charge in [-0.1, -0.05) is 13.8 Å². The fourth-order valence-corrected chi connectivity index (χ4v) is 3.30. The molecular formula is C10H15CuNO2S3. The second-order valence-corrected chi connectivity index (χ2v) is 6.14. The third-order valence-electron chi connectivity index (χ3n) is 2.29. The Morgan fingerprint density at radius 1 is 1.12 bits per heavy atom. The molecule has 0 heterocycles. The van der Waals surface area contributed by atoms with Crippen molar-refractivity contribution in [3.05, 3.63) is 18.2 Å². The molecule has 0 aliphatic carbocycles. The topological polar surface area (TPSA) is 37.4 Å². The van der Waals surface area contributed by atoms with E-state index in [1.807, 2.05) is 13.8 Å². The Bertz CT molecular complexity index is 472. The molecular weight excluding hydrogens is 326 g/mol. The van der Waals surface area contributed by atoms with Crippen LogP contribution < -0.4 is 0 Å². The van der Waals surface area contributed by atoms with Gasteiger partial charge in [-0.3, -0.25) is 0 Å². The van der Waals surface area contributed by atoms with Crippen LogP contribution in [-0.4, -0.2) is 25.8 Å². The Hall–Kier alpha value is 0.349. The van der Waals surface area contributed by atoms with E-state index in [4.69, 9.17) is 0 Å². The molecule has 3 nitrogen and oxygen atoms in total. The summed E-state index contributed by atoms with van der Waals surface area (Å²) in [7, 11) is -3.39. The van der Waals surface area contributed by atoms with Crippen molar-refractivity contribution in [1.29, 1.82) is 0 Å². The van der Waals surface area contributed by atoms with Crippen molar-refractivity contribution in [3.63, 3.8) is 0 Å². The van der Waals surface area contributed by atoms with Crippen LogP contribution in [0.3, 0.4) is 0 Å². The molecule has 101 valence electrons. The normalized spacial score (nSPS) is 11.4. The molecule has 0 spiro atoms. The molecule has 0 fully saturated rings. The molecule has 1 rings (SSSR count).